The molecule has 4 aromatic rings. The minimum Gasteiger partial charge on any atom is -0.388 e. The van der Waals surface area contributed by atoms with Gasteiger partial charge >= 0.3 is 0 Å². The van der Waals surface area contributed by atoms with Crippen molar-refractivity contribution < 1.29 is 5.11 Å². The normalized spacial score (nSPS) is 12.6. The number of imidazole rings is 1. The minimum absolute atomic E-state index is 0.437. The van der Waals surface area contributed by atoms with Gasteiger partial charge in [0, 0.05) is 23.0 Å². The first kappa shape index (κ1) is 18.7. The van der Waals surface area contributed by atoms with E-state index in [0.29, 0.717) is 10.9 Å². The first-order valence-electron chi connectivity index (χ1n) is 9.53. The molecule has 0 radical (unpaired) electrons. The highest BCUT2D eigenvalue weighted by Gasteiger charge is 2.11. The summed E-state index contributed by atoms with van der Waals surface area (Å²) >= 11 is 5.99. The highest BCUT2D eigenvalue weighted by Crippen LogP contribution is 2.28. The van der Waals surface area contributed by atoms with Crippen LogP contribution in [0.5, 0.6) is 0 Å². The van der Waals surface area contributed by atoms with Crippen molar-refractivity contribution in [3.63, 3.8) is 0 Å². The van der Waals surface area contributed by atoms with Crippen molar-refractivity contribution in [3.8, 4) is 22.4 Å². The van der Waals surface area contributed by atoms with Crippen molar-refractivity contribution in [1.29, 1.82) is 0 Å². The standard InChI is InChI=1S/C24H23ClN2O/c1-16(2)12-23(28)19-5-3-4-18(13-19)20-8-11-24-26-22(15-27(24)14-20)17-6-9-21(25)10-7-17/h3-11,13-16,23,28H,12H2,1-2H3. The van der Waals surface area contributed by atoms with Crippen LogP contribution in [0.2, 0.25) is 5.02 Å². The quantitative estimate of drug-likeness (QED) is 0.428. The van der Waals surface area contributed by atoms with Crippen molar-refractivity contribution in [2.24, 2.45) is 5.92 Å². The van der Waals surface area contributed by atoms with Crippen molar-refractivity contribution in [2.45, 2.75) is 26.4 Å². The molecule has 0 saturated heterocycles. The van der Waals surface area contributed by atoms with E-state index in [-0.39, 0.29) is 0 Å². The average molecular weight is 391 g/mol. The predicted octanol–water partition coefficient (Wildman–Crippen LogP) is 6.40. The van der Waals surface area contributed by atoms with Crippen LogP contribution in [0.3, 0.4) is 0 Å². The van der Waals surface area contributed by atoms with Crippen molar-refractivity contribution in [1.82, 2.24) is 9.38 Å². The van der Waals surface area contributed by atoms with Crippen molar-refractivity contribution >= 4 is 17.2 Å². The maximum Gasteiger partial charge on any atom is 0.137 e. The second-order valence-corrected chi connectivity index (χ2v) is 8.02. The fraction of sp³-hybridized carbons (Fsp3) is 0.208. The number of rotatable bonds is 5. The summed E-state index contributed by atoms with van der Waals surface area (Å²) in [7, 11) is 0. The van der Waals surface area contributed by atoms with Gasteiger partial charge in [-0.2, -0.15) is 0 Å². The van der Waals surface area contributed by atoms with E-state index in [1.165, 1.54) is 0 Å². The van der Waals surface area contributed by atoms with Gasteiger partial charge in [0.1, 0.15) is 5.65 Å². The zero-order valence-corrected chi connectivity index (χ0v) is 16.8. The molecule has 2 heterocycles. The predicted molar refractivity (Wildman–Crippen MR) is 115 cm³/mol. The van der Waals surface area contributed by atoms with Gasteiger partial charge in [-0.15, -0.1) is 0 Å². The molecular formula is C24H23ClN2O. The zero-order chi connectivity index (χ0) is 19.7. The smallest absolute Gasteiger partial charge is 0.137 e. The number of benzene rings is 2. The van der Waals surface area contributed by atoms with Crippen LogP contribution >= 0.6 is 11.6 Å². The van der Waals surface area contributed by atoms with Crippen molar-refractivity contribution in [2.75, 3.05) is 0 Å². The summed E-state index contributed by atoms with van der Waals surface area (Å²) in [6, 6.07) is 19.9. The van der Waals surface area contributed by atoms with Gasteiger partial charge in [-0.3, -0.25) is 0 Å². The molecule has 2 aromatic carbocycles. The summed E-state index contributed by atoms with van der Waals surface area (Å²) in [6.45, 7) is 4.25. The van der Waals surface area contributed by atoms with Gasteiger partial charge in [-0.05, 0) is 59.4 Å². The van der Waals surface area contributed by atoms with Crippen LogP contribution in [0, 0.1) is 5.92 Å². The third-order valence-corrected chi connectivity index (χ3v) is 5.14. The van der Waals surface area contributed by atoms with E-state index in [1.54, 1.807) is 0 Å². The number of aromatic nitrogens is 2. The molecule has 0 fully saturated rings. The van der Waals surface area contributed by atoms with E-state index in [4.69, 9.17) is 16.6 Å². The lowest BCUT2D eigenvalue weighted by atomic mass is 9.96. The molecule has 0 bridgehead atoms. The van der Waals surface area contributed by atoms with E-state index in [0.717, 1.165) is 40.0 Å². The molecule has 0 amide bonds. The largest absolute Gasteiger partial charge is 0.388 e. The molecule has 0 saturated carbocycles. The Bertz CT molecular complexity index is 1100. The Labute approximate surface area is 170 Å². The van der Waals surface area contributed by atoms with Gasteiger partial charge in [0.05, 0.1) is 11.8 Å². The number of fused-ring (bicyclic) bond motifs is 1. The lowest BCUT2D eigenvalue weighted by Crippen LogP contribution is -2.02. The monoisotopic (exact) mass is 390 g/mol. The highest BCUT2D eigenvalue weighted by molar-refractivity contribution is 6.30. The summed E-state index contributed by atoms with van der Waals surface area (Å²) in [6.07, 6.45) is 4.43. The Balaban J connectivity index is 1.67. The number of hydrogen-bond acceptors (Lipinski definition) is 2. The van der Waals surface area contributed by atoms with Crippen LogP contribution in [0.1, 0.15) is 31.9 Å². The van der Waals surface area contributed by atoms with E-state index in [2.05, 4.69) is 38.2 Å². The fourth-order valence-corrected chi connectivity index (χ4v) is 3.56. The van der Waals surface area contributed by atoms with Gasteiger partial charge in [0.15, 0.2) is 0 Å². The molecule has 4 rings (SSSR count). The number of pyridine rings is 1. The van der Waals surface area contributed by atoms with Crippen molar-refractivity contribution in [3.05, 3.63) is 83.6 Å². The molecule has 142 valence electrons. The van der Waals surface area contributed by atoms with Gasteiger partial charge < -0.3 is 9.51 Å². The lowest BCUT2D eigenvalue weighted by molar-refractivity contribution is 0.151. The topological polar surface area (TPSA) is 37.5 Å². The number of aliphatic hydroxyl groups excluding tert-OH is 1. The van der Waals surface area contributed by atoms with Crippen LogP contribution in [0.15, 0.2) is 73.1 Å². The van der Waals surface area contributed by atoms with Crippen LogP contribution < -0.4 is 0 Å². The summed E-state index contributed by atoms with van der Waals surface area (Å²) < 4.78 is 2.04. The molecule has 0 aliphatic carbocycles. The second kappa shape index (κ2) is 7.78. The SMILES string of the molecule is CC(C)CC(O)c1cccc(-c2ccc3nc(-c4ccc(Cl)cc4)cn3c2)c1. The molecule has 0 aliphatic rings. The van der Waals surface area contributed by atoms with E-state index in [9.17, 15) is 5.11 Å². The second-order valence-electron chi connectivity index (χ2n) is 7.59. The average Bonchev–Trinajstić information content (AvgIpc) is 3.11. The Morgan fingerprint density at radius 1 is 0.929 bits per heavy atom. The molecule has 3 nitrogen and oxygen atoms in total. The summed E-state index contributed by atoms with van der Waals surface area (Å²) in [5, 5.41) is 11.2. The van der Waals surface area contributed by atoms with Gasteiger partial charge in [0.25, 0.3) is 0 Å². The van der Waals surface area contributed by atoms with E-state index < -0.39 is 6.10 Å². The first-order chi connectivity index (χ1) is 13.5. The van der Waals surface area contributed by atoms with E-state index in [1.807, 2.05) is 53.1 Å². The van der Waals surface area contributed by atoms with Crippen LogP contribution in [0.25, 0.3) is 28.0 Å². The van der Waals surface area contributed by atoms with Crippen LogP contribution in [-0.2, 0) is 0 Å². The Morgan fingerprint density at radius 3 is 2.43 bits per heavy atom. The maximum atomic E-state index is 10.5. The summed E-state index contributed by atoms with van der Waals surface area (Å²) in [5.74, 6) is 0.451. The zero-order valence-electron chi connectivity index (χ0n) is 16.0. The Morgan fingerprint density at radius 2 is 1.68 bits per heavy atom. The number of aliphatic hydroxyl groups is 1. The fourth-order valence-electron chi connectivity index (χ4n) is 3.43. The molecule has 4 heteroatoms. The van der Waals surface area contributed by atoms with Gasteiger partial charge in [0.2, 0.25) is 0 Å². The molecule has 0 spiro atoms. The molecule has 1 atom stereocenters. The summed E-state index contributed by atoms with van der Waals surface area (Å²) in [5.41, 5.74) is 5.97. The summed E-state index contributed by atoms with van der Waals surface area (Å²) in [4.78, 5) is 4.71. The van der Waals surface area contributed by atoms with E-state index >= 15 is 0 Å². The molecule has 1 N–H and O–H groups in total. The lowest BCUT2D eigenvalue weighted by Gasteiger charge is -2.14. The number of halogens is 1. The van der Waals surface area contributed by atoms with Crippen LogP contribution in [0.4, 0.5) is 0 Å². The van der Waals surface area contributed by atoms with Crippen LogP contribution in [-0.4, -0.2) is 14.5 Å². The minimum atomic E-state index is -0.437. The van der Waals surface area contributed by atoms with Gasteiger partial charge in [-0.1, -0.05) is 55.8 Å². The third-order valence-electron chi connectivity index (χ3n) is 4.89. The Hall–Kier alpha value is -2.62. The van der Waals surface area contributed by atoms with Gasteiger partial charge in [-0.25, -0.2) is 4.98 Å². The molecular weight excluding hydrogens is 368 g/mol. The Kier molecular flexibility index (Phi) is 5.21. The highest BCUT2D eigenvalue weighted by atomic mass is 35.5. The molecule has 28 heavy (non-hydrogen) atoms. The number of hydrogen-bond donors (Lipinski definition) is 1. The third kappa shape index (κ3) is 3.96. The molecule has 1 unspecified atom stereocenters. The number of nitrogens with zero attached hydrogens (tertiary/aromatic N) is 2. The first-order valence-corrected chi connectivity index (χ1v) is 9.90. The maximum absolute atomic E-state index is 10.5. The molecule has 0 aliphatic heterocycles. The molecule has 2 aromatic heterocycles.